The van der Waals surface area contributed by atoms with Crippen LogP contribution < -0.4 is 4.72 Å². The molecule has 0 aliphatic heterocycles. The topological polar surface area (TPSA) is 66.4 Å². The molecule has 6 heteroatoms. The second-order valence-electron chi connectivity index (χ2n) is 4.06. The Labute approximate surface area is 120 Å². The van der Waals surface area contributed by atoms with Crippen molar-refractivity contribution in [3.63, 3.8) is 0 Å². The van der Waals surface area contributed by atoms with Crippen LogP contribution in [-0.4, -0.2) is 13.5 Å². The van der Waals surface area contributed by atoms with E-state index in [-0.39, 0.29) is 10.6 Å². The molecule has 0 saturated heterocycles. The smallest absolute Gasteiger partial charge is 0.261 e. The number of phenols is 1. The lowest BCUT2D eigenvalue weighted by molar-refractivity contribution is 0.475. The van der Waals surface area contributed by atoms with E-state index in [2.05, 4.69) is 20.7 Å². The molecule has 0 aliphatic rings. The number of nitrogens with one attached hydrogen (secondary N) is 1. The molecule has 0 radical (unpaired) electrons. The molecule has 0 saturated carbocycles. The number of hydrogen-bond donors (Lipinski definition) is 2. The SMILES string of the molecule is Cc1cc(Br)ccc1NS(=O)(=O)c1ccc(O)cc1. The van der Waals surface area contributed by atoms with Gasteiger partial charge < -0.3 is 5.11 Å². The molecule has 19 heavy (non-hydrogen) atoms. The molecule has 0 unspecified atom stereocenters. The maximum atomic E-state index is 12.1. The summed E-state index contributed by atoms with van der Waals surface area (Å²) in [5.41, 5.74) is 1.34. The van der Waals surface area contributed by atoms with Gasteiger partial charge in [0, 0.05) is 4.47 Å². The molecule has 4 nitrogen and oxygen atoms in total. The number of aryl methyl sites for hydroxylation is 1. The van der Waals surface area contributed by atoms with Crippen molar-refractivity contribution in [2.45, 2.75) is 11.8 Å². The second kappa shape index (κ2) is 5.22. The Morgan fingerprint density at radius 3 is 2.32 bits per heavy atom. The lowest BCUT2D eigenvalue weighted by Crippen LogP contribution is -2.13. The van der Waals surface area contributed by atoms with Gasteiger partial charge in [-0.05, 0) is 55.0 Å². The minimum atomic E-state index is -3.64. The summed E-state index contributed by atoms with van der Waals surface area (Å²) in [4.78, 5) is 0.104. The number of benzene rings is 2. The molecule has 100 valence electrons. The Morgan fingerprint density at radius 1 is 1.11 bits per heavy atom. The number of rotatable bonds is 3. The summed E-state index contributed by atoms with van der Waals surface area (Å²) in [5.74, 6) is 0.0266. The monoisotopic (exact) mass is 341 g/mol. The van der Waals surface area contributed by atoms with Gasteiger partial charge in [-0.15, -0.1) is 0 Å². The highest BCUT2D eigenvalue weighted by Crippen LogP contribution is 2.23. The highest BCUT2D eigenvalue weighted by atomic mass is 79.9. The normalized spacial score (nSPS) is 11.3. The van der Waals surface area contributed by atoms with E-state index in [9.17, 15) is 8.42 Å². The Morgan fingerprint density at radius 2 is 1.74 bits per heavy atom. The molecule has 2 aromatic rings. The molecule has 0 bridgehead atoms. The van der Waals surface area contributed by atoms with Crippen LogP contribution in [0.15, 0.2) is 51.8 Å². The summed E-state index contributed by atoms with van der Waals surface area (Å²) < 4.78 is 27.7. The fraction of sp³-hybridized carbons (Fsp3) is 0.0769. The van der Waals surface area contributed by atoms with Crippen molar-refractivity contribution in [1.82, 2.24) is 0 Å². The summed E-state index contributed by atoms with van der Waals surface area (Å²) in [7, 11) is -3.64. The van der Waals surface area contributed by atoms with Crippen LogP contribution in [-0.2, 0) is 10.0 Å². The van der Waals surface area contributed by atoms with Gasteiger partial charge in [0.15, 0.2) is 0 Å². The molecule has 2 aromatic carbocycles. The first-order valence-electron chi connectivity index (χ1n) is 5.46. The van der Waals surface area contributed by atoms with Gasteiger partial charge >= 0.3 is 0 Å². The molecule has 0 aliphatic carbocycles. The predicted octanol–water partition coefficient (Wildman–Crippen LogP) is 3.26. The maximum Gasteiger partial charge on any atom is 0.261 e. The number of sulfonamides is 1. The van der Waals surface area contributed by atoms with Gasteiger partial charge in [0.1, 0.15) is 5.75 Å². The fourth-order valence-electron chi connectivity index (χ4n) is 1.57. The van der Waals surface area contributed by atoms with Crippen molar-refractivity contribution in [2.75, 3.05) is 4.72 Å². The van der Waals surface area contributed by atoms with Crippen molar-refractivity contribution in [3.8, 4) is 5.75 Å². The van der Waals surface area contributed by atoms with Crippen LogP contribution in [0.5, 0.6) is 5.75 Å². The zero-order chi connectivity index (χ0) is 14.0. The third-order valence-electron chi connectivity index (χ3n) is 2.58. The van der Waals surface area contributed by atoms with Crippen LogP contribution in [0.1, 0.15) is 5.56 Å². The first kappa shape index (κ1) is 13.9. The molecule has 0 fully saturated rings. The molecular formula is C13H12BrNO3S. The van der Waals surface area contributed by atoms with Crippen LogP contribution in [0.4, 0.5) is 5.69 Å². The number of halogens is 1. The lowest BCUT2D eigenvalue weighted by Gasteiger charge is -2.10. The van der Waals surface area contributed by atoms with Crippen LogP contribution in [0.2, 0.25) is 0 Å². The Balaban J connectivity index is 2.33. The predicted molar refractivity (Wildman–Crippen MR) is 77.8 cm³/mol. The van der Waals surface area contributed by atoms with Gasteiger partial charge in [0.2, 0.25) is 0 Å². The van der Waals surface area contributed by atoms with Crippen LogP contribution >= 0.6 is 15.9 Å². The summed E-state index contributed by atoms with van der Waals surface area (Å²) in [6, 6.07) is 10.7. The van der Waals surface area contributed by atoms with E-state index >= 15 is 0 Å². The van der Waals surface area contributed by atoms with Gasteiger partial charge in [-0.2, -0.15) is 0 Å². The third-order valence-corrected chi connectivity index (χ3v) is 4.45. The maximum absolute atomic E-state index is 12.1. The fourth-order valence-corrected chi connectivity index (χ4v) is 3.18. The number of phenolic OH excluding ortho intramolecular Hbond substituents is 1. The van der Waals surface area contributed by atoms with Gasteiger partial charge in [-0.3, -0.25) is 4.72 Å². The Hall–Kier alpha value is -1.53. The molecule has 0 atom stereocenters. The molecule has 2 N–H and O–H groups in total. The highest BCUT2D eigenvalue weighted by molar-refractivity contribution is 9.10. The van der Waals surface area contributed by atoms with E-state index in [1.807, 2.05) is 13.0 Å². The summed E-state index contributed by atoms with van der Waals surface area (Å²) in [5, 5.41) is 9.17. The molecular weight excluding hydrogens is 330 g/mol. The van der Waals surface area contributed by atoms with E-state index < -0.39 is 10.0 Å². The zero-order valence-corrected chi connectivity index (χ0v) is 12.5. The lowest BCUT2D eigenvalue weighted by atomic mass is 10.2. The van der Waals surface area contributed by atoms with Gasteiger partial charge in [0.05, 0.1) is 10.6 Å². The van der Waals surface area contributed by atoms with Gasteiger partial charge in [-0.1, -0.05) is 15.9 Å². The highest BCUT2D eigenvalue weighted by Gasteiger charge is 2.15. The largest absolute Gasteiger partial charge is 0.508 e. The average molecular weight is 342 g/mol. The van der Waals surface area contributed by atoms with E-state index in [0.29, 0.717) is 5.69 Å². The quantitative estimate of drug-likeness (QED) is 0.900. The molecule has 0 heterocycles. The number of hydrogen-bond acceptors (Lipinski definition) is 3. The molecule has 2 rings (SSSR count). The first-order chi connectivity index (χ1) is 8.88. The van der Waals surface area contributed by atoms with Gasteiger partial charge in [0.25, 0.3) is 10.0 Å². The Bertz CT molecular complexity index is 696. The van der Waals surface area contributed by atoms with Crippen LogP contribution in [0.3, 0.4) is 0 Å². The van der Waals surface area contributed by atoms with Crippen molar-refractivity contribution in [1.29, 1.82) is 0 Å². The van der Waals surface area contributed by atoms with Crippen LogP contribution in [0.25, 0.3) is 0 Å². The molecule has 0 spiro atoms. The molecule has 0 amide bonds. The van der Waals surface area contributed by atoms with E-state index in [0.717, 1.165) is 10.0 Å². The van der Waals surface area contributed by atoms with Crippen molar-refractivity contribution in [2.24, 2.45) is 0 Å². The standard InChI is InChI=1S/C13H12BrNO3S/c1-9-8-10(14)2-7-13(9)15-19(17,18)12-5-3-11(16)4-6-12/h2-8,15-16H,1H3. The van der Waals surface area contributed by atoms with Crippen molar-refractivity contribution >= 4 is 31.6 Å². The molecule has 0 aromatic heterocycles. The Kier molecular flexibility index (Phi) is 3.82. The minimum absolute atomic E-state index is 0.0266. The summed E-state index contributed by atoms with van der Waals surface area (Å²) >= 11 is 3.32. The first-order valence-corrected chi connectivity index (χ1v) is 7.74. The zero-order valence-electron chi connectivity index (χ0n) is 10.1. The van der Waals surface area contributed by atoms with Crippen LogP contribution in [0, 0.1) is 6.92 Å². The minimum Gasteiger partial charge on any atom is -0.508 e. The van der Waals surface area contributed by atoms with E-state index in [1.54, 1.807) is 12.1 Å². The summed E-state index contributed by atoms with van der Waals surface area (Å²) in [6.45, 7) is 1.82. The van der Waals surface area contributed by atoms with Crippen molar-refractivity contribution in [3.05, 3.63) is 52.5 Å². The average Bonchev–Trinajstić information content (AvgIpc) is 2.33. The van der Waals surface area contributed by atoms with E-state index in [4.69, 9.17) is 5.11 Å². The third kappa shape index (κ3) is 3.27. The number of aromatic hydroxyl groups is 1. The van der Waals surface area contributed by atoms with Crippen molar-refractivity contribution < 1.29 is 13.5 Å². The second-order valence-corrected chi connectivity index (χ2v) is 6.66. The van der Waals surface area contributed by atoms with E-state index in [1.165, 1.54) is 24.3 Å². The number of anilines is 1. The van der Waals surface area contributed by atoms with Gasteiger partial charge in [-0.25, -0.2) is 8.42 Å². The summed E-state index contributed by atoms with van der Waals surface area (Å²) in [6.07, 6.45) is 0.